The van der Waals surface area contributed by atoms with Crippen molar-refractivity contribution in [3.8, 4) is 5.75 Å². The Hall–Kier alpha value is -2.16. The molecule has 1 atom stereocenters. The van der Waals surface area contributed by atoms with E-state index >= 15 is 0 Å². The van der Waals surface area contributed by atoms with Crippen LogP contribution in [0.15, 0.2) is 48.5 Å². The van der Waals surface area contributed by atoms with Gasteiger partial charge in [0.15, 0.2) is 6.61 Å². The summed E-state index contributed by atoms with van der Waals surface area (Å²) < 4.78 is 21.0. The van der Waals surface area contributed by atoms with Crippen LogP contribution in [0, 0.1) is 9.39 Å². The summed E-state index contributed by atoms with van der Waals surface area (Å²) in [7, 11) is 0. The topological polar surface area (TPSA) is 58.6 Å². The Bertz CT molecular complexity index is 885. The summed E-state index contributed by atoms with van der Waals surface area (Å²) in [5.41, 5.74) is 0.363. The third-order valence-electron chi connectivity index (χ3n) is 5.59. The maximum atomic E-state index is 14.3. The Balaban J connectivity index is 1.71. The SMILES string of the molecule is C[C@@H](C(=O)NC1CCCCC1)N(Cc1ccccc1F)C(=O)COc1ccc(I)cc1. The van der Waals surface area contributed by atoms with Crippen molar-refractivity contribution in [2.75, 3.05) is 6.61 Å². The molecule has 2 aromatic rings. The lowest BCUT2D eigenvalue weighted by atomic mass is 9.95. The molecule has 31 heavy (non-hydrogen) atoms. The molecule has 0 aliphatic heterocycles. The number of hydrogen-bond acceptors (Lipinski definition) is 3. The molecule has 7 heteroatoms. The molecule has 0 radical (unpaired) electrons. The van der Waals surface area contributed by atoms with E-state index in [0.29, 0.717) is 11.3 Å². The Kier molecular flexibility index (Phi) is 8.69. The third kappa shape index (κ3) is 6.92. The lowest BCUT2D eigenvalue weighted by molar-refractivity contribution is -0.142. The molecule has 0 bridgehead atoms. The fourth-order valence-electron chi connectivity index (χ4n) is 3.72. The molecule has 0 unspecified atom stereocenters. The van der Waals surface area contributed by atoms with Gasteiger partial charge in [-0.1, -0.05) is 37.5 Å². The van der Waals surface area contributed by atoms with E-state index in [1.807, 2.05) is 12.1 Å². The van der Waals surface area contributed by atoms with E-state index in [0.717, 1.165) is 29.3 Å². The average Bonchev–Trinajstić information content (AvgIpc) is 2.78. The zero-order valence-corrected chi connectivity index (χ0v) is 19.8. The van der Waals surface area contributed by atoms with Gasteiger partial charge in [0.25, 0.3) is 5.91 Å². The predicted molar refractivity (Wildman–Crippen MR) is 126 cm³/mol. The van der Waals surface area contributed by atoms with E-state index in [2.05, 4.69) is 27.9 Å². The number of hydrogen-bond donors (Lipinski definition) is 1. The lowest BCUT2D eigenvalue weighted by Crippen LogP contribution is -2.51. The van der Waals surface area contributed by atoms with Gasteiger partial charge < -0.3 is 15.0 Å². The number of rotatable bonds is 8. The van der Waals surface area contributed by atoms with Crippen LogP contribution in [0.3, 0.4) is 0 Å². The summed E-state index contributed by atoms with van der Waals surface area (Å²) in [4.78, 5) is 27.3. The first kappa shape index (κ1) is 23.5. The highest BCUT2D eigenvalue weighted by molar-refractivity contribution is 14.1. The van der Waals surface area contributed by atoms with Crippen LogP contribution < -0.4 is 10.1 Å². The second-order valence-corrected chi connectivity index (χ2v) is 9.12. The molecule has 0 saturated heterocycles. The Labute approximate surface area is 196 Å². The second-order valence-electron chi connectivity index (χ2n) is 7.88. The van der Waals surface area contributed by atoms with Gasteiger partial charge in [-0.25, -0.2) is 4.39 Å². The van der Waals surface area contributed by atoms with Crippen molar-refractivity contribution >= 4 is 34.4 Å². The van der Waals surface area contributed by atoms with Gasteiger partial charge in [-0.3, -0.25) is 9.59 Å². The highest BCUT2D eigenvalue weighted by Gasteiger charge is 2.29. The highest BCUT2D eigenvalue weighted by Crippen LogP contribution is 2.19. The number of carbonyl (C=O) groups is 2. The summed E-state index contributed by atoms with van der Waals surface area (Å²) in [5, 5.41) is 3.07. The fourth-order valence-corrected chi connectivity index (χ4v) is 4.08. The summed E-state index contributed by atoms with van der Waals surface area (Å²) in [6.45, 7) is 1.46. The molecule has 0 heterocycles. The van der Waals surface area contributed by atoms with Crippen LogP contribution in [0.4, 0.5) is 4.39 Å². The minimum absolute atomic E-state index is 0.000802. The molecular formula is C24H28FIN2O3. The number of nitrogens with zero attached hydrogens (tertiary/aromatic N) is 1. The van der Waals surface area contributed by atoms with E-state index < -0.39 is 11.9 Å². The first-order chi connectivity index (χ1) is 14.9. The summed E-state index contributed by atoms with van der Waals surface area (Å²) in [6.07, 6.45) is 5.29. The van der Waals surface area contributed by atoms with E-state index in [9.17, 15) is 14.0 Å². The maximum absolute atomic E-state index is 14.3. The minimum Gasteiger partial charge on any atom is -0.484 e. The molecule has 2 amide bonds. The van der Waals surface area contributed by atoms with Crippen LogP contribution in [-0.4, -0.2) is 35.4 Å². The van der Waals surface area contributed by atoms with Gasteiger partial charge in [-0.05, 0) is 72.7 Å². The van der Waals surface area contributed by atoms with Crippen molar-refractivity contribution in [2.45, 2.75) is 57.7 Å². The second kappa shape index (κ2) is 11.5. The average molecular weight is 538 g/mol. The molecule has 0 spiro atoms. The van der Waals surface area contributed by atoms with E-state index in [4.69, 9.17) is 4.74 Å². The molecule has 1 aliphatic carbocycles. The minimum atomic E-state index is -0.741. The van der Waals surface area contributed by atoms with Gasteiger partial charge >= 0.3 is 0 Å². The number of carbonyl (C=O) groups excluding carboxylic acids is 2. The zero-order valence-electron chi connectivity index (χ0n) is 17.7. The number of benzene rings is 2. The summed E-state index contributed by atoms with van der Waals surface area (Å²) in [6, 6.07) is 13.0. The molecule has 1 aliphatic rings. The van der Waals surface area contributed by atoms with Gasteiger partial charge in [-0.15, -0.1) is 0 Å². The zero-order chi connectivity index (χ0) is 22.2. The first-order valence-corrected chi connectivity index (χ1v) is 11.7. The Morgan fingerprint density at radius 2 is 1.81 bits per heavy atom. The van der Waals surface area contributed by atoms with Crippen molar-refractivity contribution in [3.05, 3.63) is 63.5 Å². The Morgan fingerprint density at radius 3 is 2.48 bits per heavy atom. The van der Waals surface area contributed by atoms with Gasteiger partial charge in [0.1, 0.15) is 17.6 Å². The van der Waals surface area contributed by atoms with Crippen LogP contribution in [0.25, 0.3) is 0 Å². The van der Waals surface area contributed by atoms with Crippen LogP contribution in [0.5, 0.6) is 5.75 Å². The quantitative estimate of drug-likeness (QED) is 0.497. The van der Waals surface area contributed by atoms with Crippen LogP contribution in [0.1, 0.15) is 44.6 Å². The van der Waals surface area contributed by atoms with Gasteiger partial charge in [-0.2, -0.15) is 0 Å². The maximum Gasteiger partial charge on any atom is 0.261 e. The monoisotopic (exact) mass is 538 g/mol. The first-order valence-electron chi connectivity index (χ1n) is 10.7. The van der Waals surface area contributed by atoms with Crippen LogP contribution >= 0.6 is 22.6 Å². The standard InChI is InChI=1S/C24H28FIN2O3/c1-17(24(30)27-20-8-3-2-4-9-20)28(15-18-7-5-6-10-22(18)25)23(29)16-31-21-13-11-19(26)12-14-21/h5-7,10-14,17,20H,2-4,8-9,15-16H2,1H3,(H,27,30)/t17-/m0/s1. The lowest BCUT2D eigenvalue weighted by Gasteiger charge is -2.31. The third-order valence-corrected chi connectivity index (χ3v) is 6.31. The highest BCUT2D eigenvalue weighted by atomic mass is 127. The molecule has 0 aromatic heterocycles. The van der Waals surface area contributed by atoms with Crippen molar-refractivity contribution in [1.29, 1.82) is 0 Å². The molecule has 166 valence electrons. The van der Waals surface area contributed by atoms with Crippen molar-refractivity contribution in [1.82, 2.24) is 10.2 Å². The molecule has 5 nitrogen and oxygen atoms in total. The van der Waals surface area contributed by atoms with Gasteiger partial charge in [0.05, 0.1) is 0 Å². The van der Waals surface area contributed by atoms with Gasteiger partial charge in [0, 0.05) is 21.7 Å². The van der Waals surface area contributed by atoms with Crippen molar-refractivity contribution < 1.29 is 18.7 Å². The number of halogens is 2. The summed E-state index contributed by atoms with van der Waals surface area (Å²) in [5.74, 6) is -0.420. The van der Waals surface area contributed by atoms with Crippen LogP contribution in [-0.2, 0) is 16.1 Å². The smallest absolute Gasteiger partial charge is 0.261 e. The summed E-state index contributed by atoms with van der Waals surface area (Å²) >= 11 is 2.19. The molecular weight excluding hydrogens is 510 g/mol. The largest absolute Gasteiger partial charge is 0.484 e. The van der Waals surface area contributed by atoms with E-state index in [1.165, 1.54) is 17.4 Å². The number of nitrogens with one attached hydrogen (secondary N) is 1. The van der Waals surface area contributed by atoms with Crippen LogP contribution in [0.2, 0.25) is 0 Å². The molecule has 3 rings (SSSR count). The number of ether oxygens (including phenoxy) is 1. The van der Waals surface area contributed by atoms with E-state index in [1.54, 1.807) is 37.3 Å². The van der Waals surface area contributed by atoms with Gasteiger partial charge in [0.2, 0.25) is 5.91 Å². The molecule has 1 fully saturated rings. The van der Waals surface area contributed by atoms with Crippen molar-refractivity contribution in [3.63, 3.8) is 0 Å². The van der Waals surface area contributed by atoms with E-state index in [-0.39, 0.29) is 31.0 Å². The molecule has 1 saturated carbocycles. The van der Waals surface area contributed by atoms with Crippen molar-refractivity contribution in [2.24, 2.45) is 0 Å². The number of amides is 2. The molecule has 1 N–H and O–H groups in total. The Morgan fingerprint density at radius 1 is 1.13 bits per heavy atom. The predicted octanol–water partition coefficient (Wildman–Crippen LogP) is 4.68. The normalized spacial score (nSPS) is 15.2. The fraction of sp³-hybridized carbons (Fsp3) is 0.417. The molecule has 2 aromatic carbocycles.